The standard InChI is InChI=1S/C74H141N5O13/c1-9-11-13-15-17-19-21-23-25-27-29-31-33-35-37-42-52-74(53-43-38-36-34-32-30-28-26-24-22-20-18-16-14-12-10-2)91-64(50-57-79(7)8)65(92-74)51-59-89-58-46-40-39-44-56-76-70(87)72(3,4)54-60-90-73(5,6)61-66(80)75-55-45-41-47-62(68(83)84)77-71(88)78-63(69(85)86)48-49-67(81)82/h62-65H,9-61H2,1-8H3,(H,75,80)(H,76,87)(H,81,82)(H,83,84)(H,85,86)(H2,77,78,88). The third-order valence-corrected chi connectivity index (χ3v) is 18.4. The van der Waals surface area contributed by atoms with Gasteiger partial charge in [0.05, 0.1) is 24.2 Å². The zero-order chi connectivity index (χ0) is 68.0. The van der Waals surface area contributed by atoms with Gasteiger partial charge in [0, 0.05) is 64.1 Å². The maximum atomic E-state index is 13.2. The summed E-state index contributed by atoms with van der Waals surface area (Å²) in [6, 6.07) is -3.85. The van der Waals surface area contributed by atoms with Gasteiger partial charge in [-0.25, -0.2) is 14.4 Å². The van der Waals surface area contributed by atoms with E-state index in [2.05, 4.69) is 54.1 Å². The van der Waals surface area contributed by atoms with Crippen molar-refractivity contribution < 1.29 is 63.0 Å². The Morgan fingerprint density at radius 2 is 0.891 bits per heavy atom. The van der Waals surface area contributed by atoms with Gasteiger partial charge in [0.1, 0.15) is 12.1 Å². The molecule has 92 heavy (non-hydrogen) atoms. The van der Waals surface area contributed by atoms with Crippen LogP contribution in [0.5, 0.6) is 0 Å². The molecule has 18 nitrogen and oxygen atoms in total. The molecule has 0 radical (unpaired) electrons. The molecular formula is C74H141N5O13. The largest absolute Gasteiger partial charge is 0.481 e. The zero-order valence-corrected chi connectivity index (χ0v) is 60.2. The van der Waals surface area contributed by atoms with Crippen LogP contribution >= 0.6 is 0 Å². The quantitative estimate of drug-likeness (QED) is 0.0280. The van der Waals surface area contributed by atoms with Gasteiger partial charge in [-0.05, 0) is 98.6 Å². The Balaban J connectivity index is 2.50. The molecule has 0 aromatic carbocycles. The first-order valence-corrected chi connectivity index (χ1v) is 37.7. The monoisotopic (exact) mass is 1310 g/mol. The maximum Gasteiger partial charge on any atom is 0.326 e. The molecule has 0 aliphatic carbocycles. The van der Waals surface area contributed by atoms with Crippen LogP contribution < -0.4 is 21.3 Å². The molecular weight excluding hydrogens is 1170 g/mol. The van der Waals surface area contributed by atoms with E-state index >= 15 is 0 Å². The number of nitrogens with zero attached hydrogens (tertiary/aromatic N) is 1. The van der Waals surface area contributed by atoms with E-state index in [1.807, 2.05) is 27.7 Å². The lowest BCUT2D eigenvalue weighted by atomic mass is 9.88. The summed E-state index contributed by atoms with van der Waals surface area (Å²) in [5.41, 5.74) is -1.48. The van der Waals surface area contributed by atoms with E-state index in [4.69, 9.17) is 24.1 Å². The summed E-state index contributed by atoms with van der Waals surface area (Å²) in [6.45, 7) is 15.5. The van der Waals surface area contributed by atoms with Gasteiger partial charge in [0.25, 0.3) is 0 Å². The Hall–Kier alpha value is -3.58. The van der Waals surface area contributed by atoms with Crippen LogP contribution in [0, 0.1) is 5.41 Å². The number of ether oxygens (including phenoxy) is 4. The number of nitrogens with one attached hydrogen (secondary N) is 4. The van der Waals surface area contributed by atoms with Crippen molar-refractivity contribution in [2.24, 2.45) is 5.41 Å². The highest BCUT2D eigenvalue weighted by Crippen LogP contribution is 2.40. The van der Waals surface area contributed by atoms with Gasteiger partial charge in [0.2, 0.25) is 11.8 Å². The molecule has 0 aromatic heterocycles. The molecule has 540 valence electrons. The van der Waals surface area contributed by atoms with Crippen LogP contribution in [0.2, 0.25) is 0 Å². The SMILES string of the molecule is CCCCCCCCCCCCCCCCCCC1(CCCCCCCCCCCCCCCCCC)OC(CCOCCCCCCNC(=O)C(C)(C)CCOC(C)(C)CC(=O)NCCCCC(NC(=O)NC(CCC(=O)O)C(=O)O)C(=O)O)C(CCN(C)C)O1. The van der Waals surface area contributed by atoms with Crippen LogP contribution in [0.4, 0.5) is 4.79 Å². The van der Waals surface area contributed by atoms with E-state index in [9.17, 15) is 39.0 Å². The fraction of sp³-hybridized carbons (Fsp3) is 0.919. The fourth-order valence-electron chi connectivity index (χ4n) is 12.3. The molecule has 4 unspecified atom stereocenters. The van der Waals surface area contributed by atoms with Crippen molar-refractivity contribution in [1.82, 2.24) is 26.2 Å². The molecule has 4 atom stereocenters. The molecule has 0 bridgehead atoms. The lowest BCUT2D eigenvalue weighted by Gasteiger charge is -2.29. The number of aliphatic carboxylic acids is 3. The van der Waals surface area contributed by atoms with Crippen molar-refractivity contribution >= 4 is 35.8 Å². The Kier molecular flexibility index (Phi) is 52.2. The minimum Gasteiger partial charge on any atom is -0.481 e. The summed E-state index contributed by atoms with van der Waals surface area (Å²) in [5.74, 6) is -4.77. The molecule has 0 saturated carbocycles. The van der Waals surface area contributed by atoms with E-state index < -0.39 is 59.2 Å². The summed E-state index contributed by atoms with van der Waals surface area (Å²) in [4.78, 5) is 74.5. The molecule has 1 aliphatic heterocycles. The lowest BCUT2D eigenvalue weighted by molar-refractivity contribution is -0.188. The van der Waals surface area contributed by atoms with E-state index in [1.165, 1.54) is 193 Å². The van der Waals surface area contributed by atoms with Crippen LogP contribution in [0.1, 0.15) is 343 Å². The van der Waals surface area contributed by atoms with Crippen LogP contribution in [0.3, 0.4) is 0 Å². The minimum absolute atomic E-state index is 0.0191. The van der Waals surface area contributed by atoms with Crippen molar-refractivity contribution in [2.45, 2.75) is 379 Å². The maximum absolute atomic E-state index is 13.2. The number of rotatable bonds is 66. The van der Waals surface area contributed by atoms with Crippen LogP contribution in [-0.2, 0) is 42.9 Å². The zero-order valence-electron chi connectivity index (χ0n) is 60.2. The summed E-state index contributed by atoms with van der Waals surface area (Å²) < 4.78 is 26.6. The number of urea groups is 1. The predicted octanol–water partition coefficient (Wildman–Crippen LogP) is 16.8. The van der Waals surface area contributed by atoms with Crippen molar-refractivity contribution in [2.75, 3.05) is 53.6 Å². The van der Waals surface area contributed by atoms with Gasteiger partial charge in [-0.1, -0.05) is 233 Å². The highest BCUT2D eigenvalue weighted by Gasteiger charge is 2.46. The number of carboxylic acids is 3. The molecule has 7 N–H and O–H groups in total. The smallest absolute Gasteiger partial charge is 0.326 e. The number of carboxylic acid groups (broad SMARTS) is 3. The fourth-order valence-corrected chi connectivity index (χ4v) is 12.3. The number of carbonyl (C=O) groups is 6. The van der Waals surface area contributed by atoms with Crippen molar-refractivity contribution in [3.8, 4) is 0 Å². The van der Waals surface area contributed by atoms with Gasteiger partial charge < -0.3 is 60.4 Å². The molecule has 1 heterocycles. The first-order valence-electron chi connectivity index (χ1n) is 37.7. The topological polar surface area (TPSA) is 251 Å². The second-order valence-electron chi connectivity index (χ2n) is 28.6. The first-order chi connectivity index (χ1) is 44.2. The van der Waals surface area contributed by atoms with Gasteiger partial charge in [0.15, 0.2) is 5.79 Å². The van der Waals surface area contributed by atoms with Gasteiger partial charge in [-0.2, -0.15) is 0 Å². The average Bonchev–Trinajstić information content (AvgIpc) is 1.74. The Morgan fingerprint density at radius 1 is 0.489 bits per heavy atom. The summed E-state index contributed by atoms with van der Waals surface area (Å²) in [5, 5.41) is 37.9. The van der Waals surface area contributed by atoms with Crippen LogP contribution in [0.15, 0.2) is 0 Å². The average molecular weight is 1310 g/mol. The summed E-state index contributed by atoms with van der Waals surface area (Å²) in [7, 11) is 4.29. The molecule has 0 spiro atoms. The molecule has 1 aliphatic rings. The van der Waals surface area contributed by atoms with Crippen molar-refractivity contribution in [1.29, 1.82) is 0 Å². The minimum atomic E-state index is -1.50. The van der Waals surface area contributed by atoms with Gasteiger partial charge in [-0.3, -0.25) is 14.4 Å². The molecule has 1 saturated heterocycles. The van der Waals surface area contributed by atoms with E-state index in [0.717, 1.165) is 70.8 Å². The van der Waals surface area contributed by atoms with Crippen LogP contribution in [0.25, 0.3) is 0 Å². The third kappa shape index (κ3) is 48.2. The summed E-state index contributed by atoms with van der Waals surface area (Å²) in [6.07, 6.45) is 51.8. The summed E-state index contributed by atoms with van der Waals surface area (Å²) >= 11 is 0. The normalized spacial score (nSPS) is 15.6. The molecule has 18 heteroatoms. The van der Waals surface area contributed by atoms with Gasteiger partial charge >= 0.3 is 23.9 Å². The number of hydrogen-bond donors (Lipinski definition) is 7. The highest BCUT2D eigenvalue weighted by molar-refractivity contribution is 5.86. The number of unbranched alkanes of at least 4 members (excludes halogenated alkanes) is 34. The highest BCUT2D eigenvalue weighted by atomic mass is 16.8. The van der Waals surface area contributed by atoms with Crippen molar-refractivity contribution in [3.63, 3.8) is 0 Å². The first kappa shape index (κ1) is 86.4. The molecule has 1 rings (SSSR count). The second-order valence-corrected chi connectivity index (χ2v) is 28.6. The van der Waals surface area contributed by atoms with Gasteiger partial charge in [-0.15, -0.1) is 0 Å². The second kappa shape index (κ2) is 55.5. The van der Waals surface area contributed by atoms with E-state index in [-0.39, 0.29) is 56.4 Å². The Bertz CT molecular complexity index is 1830. The number of carbonyl (C=O) groups excluding carboxylic acids is 3. The Labute approximate surface area is 560 Å². The number of amides is 4. The molecule has 4 amide bonds. The van der Waals surface area contributed by atoms with E-state index in [0.29, 0.717) is 39.0 Å². The number of hydrogen-bond acceptors (Lipinski definition) is 11. The molecule has 0 aromatic rings. The predicted molar refractivity (Wildman–Crippen MR) is 372 cm³/mol. The van der Waals surface area contributed by atoms with Crippen LogP contribution in [-0.4, -0.2) is 145 Å². The Morgan fingerprint density at radius 3 is 1.34 bits per heavy atom. The molecule has 1 fully saturated rings. The van der Waals surface area contributed by atoms with E-state index in [1.54, 1.807) is 0 Å². The third-order valence-electron chi connectivity index (χ3n) is 18.4. The van der Waals surface area contributed by atoms with Crippen molar-refractivity contribution in [3.05, 3.63) is 0 Å². The lowest BCUT2D eigenvalue weighted by Crippen LogP contribution is -2.51.